The van der Waals surface area contributed by atoms with Gasteiger partial charge in [-0.3, -0.25) is 10.1 Å². The van der Waals surface area contributed by atoms with Crippen LogP contribution in [0.1, 0.15) is 47.3 Å². The first kappa shape index (κ1) is 21.4. The molecule has 0 spiro atoms. The summed E-state index contributed by atoms with van der Waals surface area (Å²) in [4.78, 5) is 3.10. The second-order valence-electron chi connectivity index (χ2n) is 8.67. The van der Waals surface area contributed by atoms with Crippen molar-refractivity contribution in [1.29, 1.82) is 0 Å². The Kier molecular flexibility index (Phi) is 4.69. The summed E-state index contributed by atoms with van der Waals surface area (Å²) >= 11 is 0. The summed E-state index contributed by atoms with van der Waals surface area (Å²) in [5.41, 5.74) is 1.56. The van der Waals surface area contributed by atoms with Gasteiger partial charge in [0.15, 0.2) is 11.5 Å². The summed E-state index contributed by atoms with van der Waals surface area (Å²) in [6.45, 7) is 0.167. The maximum Gasteiger partial charge on any atom is 0.433 e. The maximum absolute atomic E-state index is 13.6. The first-order valence-corrected chi connectivity index (χ1v) is 12.1. The fourth-order valence-corrected chi connectivity index (χ4v) is 6.98. The number of sulfonamides is 1. The molecule has 34 heavy (non-hydrogen) atoms. The number of nitrogens with zero attached hydrogens (tertiary/aromatic N) is 3. The molecule has 1 aromatic carbocycles. The van der Waals surface area contributed by atoms with Crippen LogP contribution in [0.4, 0.5) is 13.2 Å². The number of pyridine rings is 1. The molecule has 178 valence electrons. The number of hydrogen-bond acceptors (Lipinski definition) is 6. The summed E-state index contributed by atoms with van der Waals surface area (Å²) in [6, 6.07) is 6.52. The number of H-pyrrole nitrogens is 1. The Morgan fingerprint density at radius 1 is 1.06 bits per heavy atom. The number of ether oxygens (including phenoxy) is 2. The highest BCUT2D eigenvalue weighted by molar-refractivity contribution is 7.89. The van der Waals surface area contributed by atoms with E-state index in [-0.39, 0.29) is 17.6 Å². The summed E-state index contributed by atoms with van der Waals surface area (Å²) in [5.74, 6) is 1.40. The van der Waals surface area contributed by atoms with E-state index in [1.54, 1.807) is 6.20 Å². The lowest BCUT2D eigenvalue weighted by Gasteiger charge is -2.47. The zero-order chi connectivity index (χ0) is 23.7. The van der Waals surface area contributed by atoms with Gasteiger partial charge in [0.05, 0.1) is 12.2 Å². The first-order valence-electron chi connectivity index (χ1n) is 10.7. The minimum Gasteiger partial charge on any atom is -0.454 e. The van der Waals surface area contributed by atoms with Gasteiger partial charge in [-0.1, -0.05) is 6.07 Å². The van der Waals surface area contributed by atoms with E-state index in [9.17, 15) is 21.6 Å². The molecule has 12 heteroatoms. The lowest BCUT2D eigenvalue weighted by molar-refractivity contribution is -0.141. The van der Waals surface area contributed by atoms with Crippen LogP contribution < -0.4 is 9.47 Å². The van der Waals surface area contributed by atoms with E-state index in [1.807, 2.05) is 18.2 Å². The third-order valence-electron chi connectivity index (χ3n) is 6.75. The van der Waals surface area contributed by atoms with Gasteiger partial charge < -0.3 is 9.47 Å². The molecular weight excluding hydrogens is 473 g/mol. The number of aromatic amines is 1. The van der Waals surface area contributed by atoms with Crippen LogP contribution in [0, 0.1) is 0 Å². The smallest absolute Gasteiger partial charge is 0.433 e. The monoisotopic (exact) mass is 492 g/mol. The van der Waals surface area contributed by atoms with Crippen molar-refractivity contribution < 1.29 is 31.1 Å². The van der Waals surface area contributed by atoms with Crippen molar-refractivity contribution in [3.05, 3.63) is 65.2 Å². The largest absolute Gasteiger partial charge is 0.454 e. The topological polar surface area (TPSA) is 97.4 Å². The molecule has 0 amide bonds. The average Bonchev–Trinajstić information content (AvgIpc) is 3.46. The molecule has 0 radical (unpaired) electrons. The molecule has 8 nitrogen and oxygen atoms in total. The molecule has 1 saturated heterocycles. The van der Waals surface area contributed by atoms with Crippen molar-refractivity contribution in [3.63, 3.8) is 0 Å². The number of rotatable bonds is 3. The van der Waals surface area contributed by atoms with Crippen LogP contribution in [0.5, 0.6) is 11.5 Å². The van der Waals surface area contributed by atoms with Crippen LogP contribution in [-0.2, 0) is 22.6 Å². The number of nitrogens with one attached hydrogen (secondary N) is 1. The number of benzene rings is 1. The van der Waals surface area contributed by atoms with Gasteiger partial charge in [-0.25, -0.2) is 8.42 Å². The maximum atomic E-state index is 13.6. The number of alkyl halides is 3. The summed E-state index contributed by atoms with van der Waals surface area (Å²) < 4.78 is 78.4. The number of fused-ring (bicyclic) bond motifs is 5. The number of hydrogen-bond donors (Lipinski definition) is 1. The minimum atomic E-state index is -4.65. The van der Waals surface area contributed by atoms with E-state index >= 15 is 0 Å². The number of piperidine rings is 1. The molecule has 1 N–H and O–H groups in total. The van der Waals surface area contributed by atoms with Gasteiger partial charge in [0, 0.05) is 29.9 Å². The molecule has 0 saturated carbocycles. The Bertz CT molecular complexity index is 1360. The minimum absolute atomic E-state index is 0.0599. The standard InChI is InChI=1S/C22H19F3N4O4S/c23-22(24,25)21-4-2-15(9-26-21)34(30,31)29-14-5-13(6-18(29)16-10-27-28-17(16)8-14)12-1-3-19-20(7-12)33-11-32-19/h1-4,7,9-10,13-14,18H,5-6,8,11H2,(H,27,28). The molecule has 3 aliphatic rings. The number of aromatic nitrogens is 3. The van der Waals surface area contributed by atoms with E-state index in [0.717, 1.165) is 29.1 Å². The lowest BCUT2D eigenvalue weighted by Crippen LogP contribution is -2.51. The highest BCUT2D eigenvalue weighted by Crippen LogP contribution is 2.50. The molecule has 3 unspecified atom stereocenters. The highest BCUT2D eigenvalue weighted by Gasteiger charge is 2.48. The SMILES string of the molecule is O=S(=O)(c1ccc(C(F)(F)F)nc1)N1C2Cc3[nH]ncc3C1CC(c1ccc3c(c1)OCO3)C2. The Labute approximate surface area is 192 Å². The molecule has 6 rings (SSSR count). The van der Waals surface area contributed by atoms with Crippen LogP contribution in [0.15, 0.2) is 47.6 Å². The van der Waals surface area contributed by atoms with Crippen LogP contribution in [-0.4, -0.2) is 40.7 Å². The van der Waals surface area contributed by atoms with Gasteiger partial charge in [-0.05, 0) is 48.6 Å². The molecule has 2 aromatic heterocycles. The van der Waals surface area contributed by atoms with E-state index in [4.69, 9.17) is 9.47 Å². The molecular formula is C22H19F3N4O4S. The molecule has 2 bridgehead atoms. The fraction of sp³-hybridized carbons (Fsp3) is 0.364. The summed E-state index contributed by atoms with van der Waals surface area (Å²) in [5, 5.41) is 7.08. The molecule has 5 heterocycles. The van der Waals surface area contributed by atoms with Crippen LogP contribution in [0.3, 0.4) is 0 Å². The second-order valence-corrected chi connectivity index (χ2v) is 10.5. The van der Waals surface area contributed by atoms with Crippen molar-refractivity contribution in [3.8, 4) is 11.5 Å². The van der Waals surface area contributed by atoms with Gasteiger partial charge in [0.1, 0.15) is 10.6 Å². The van der Waals surface area contributed by atoms with Crippen molar-refractivity contribution in [2.75, 3.05) is 6.79 Å². The third kappa shape index (κ3) is 3.35. The number of halogens is 3. The van der Waals surface area contributed by atoms with Crippen molar-refractivity contribution in [2.24, 2.45) is 0 Å². The molecule has 3 aromatic rings. The Morgan fingerprint density at radius 2 is 1.88 bits per heavy atom. The lowest BCUT2D eigenvalue weighted by atomic mass is 9.76. The van der Waals surface area contributed by atoms with Crippen LogP contribution >= 0.6 is 0 Å². The van der Waals surface area contributed by atoms with Crippen LogP contribution in [0.2, 0.25) is 0 Å². The first-order chi connectivity index (χ1) is 16.2. The quantitative estimate of drug-likeness (QED) is 0.598. The van der Waals surface area contributed by atoms with Crippen molar-refractivity contribution in [1.82, 2.24) is 19.5 Å². The summed E-state index contributed by atoms with van der Waals surface area (Å²) in [7, 11) is -4.10. The zero-order valence-electron chi connectivity index (χ0n) is 17.6. The second kappa shape index (κ2) is 7.44. The molecule has 1 fully saturated rings. The zero-order valence-corrected chi connectivity index (χ0v) is 18.4. The summed E-state index contributed by atoms with van der Waals surface area (Å²) in [6.07, 6.45) is -0.759. The molecule has 3 atom stereocenters. The molecule has 3 aliphatic heterocycles. The van der Waals surface area contributed by atoms with E-state index < -0.39 is 34.0 Å². The van der Waals surface area contributed by atoms with Crippen molar-refractivity contribution >= 4 is 10.0 Å². The normalized spacial score (nSPS) is 24.1. The van der Waals surface area contributed by atoms with Gasteiger partial charge in [-0.2, -0.15) is 22.6 Å². The van der Waals surface area contributed by atoms with Crippen molar-refractivity contribution in [2.45, 2.75) is 48.3 Å². The fourth-order valence-electron chi connectivity index (χ4n) is 5.23. The Balaban J connectivity index is 1.36. The predicted octanol–water partition coefficient (Wildman–Crippen LogP) is 3.79. The molecule has 0 aliphatic carbocycles. The van der Waals surface area contributed by atoms with E-state index in [1.165, 1.54) is 4.31 Å². The highest BCUT2D eigenvalue weighted by atomic mass is 32.2. The van der Waals surface area contributed by atoms with E-state index in [0.29, 0.717) is 36.8 Å². The Morgan fingerprint density at radius 3 is 2.65 bits per heavy atom. The van der Waals surface area contributed by atoms with Gasteiger partial charge in [-0.15, -0.1) is 0 Å². The van der Waals surface area contributed by atoms with Gasteiger partial charge >= 0.3 is 6.18 Å². The van der Waals surface area contributed by atoms with Gasteiger partial charge in [0.2, 0.25) is 16.8 Å². The van der Waals surface area contributed by atoms with Gasteiger partial charge in [0.25, 0.3) is 0 Å². The van der Waals surface area contributed by atoms with Crippen LogP contribution in [0.25, 0.3) is 0 Å². The third-order valence-corrected chi connectivity index (χ3v) is 8.70. The average molecular weight is 492 g/mol. The Hall–Kier alpha value is -3.12. The predicted molar refractivity (Wildman–Crippen MR) is 112 cm³/mol. The van der Waals surface area contributed by atoms with E-state index in [2.05, 4.69) is 15.2 Å².